The van der Waals surface area contributed by atoms with Crippen molar-refractivity contribution < 1.29 is 44.0 Å². The number of hydrogen-bond donors (Lipinski definition) is 6. The molecule has 8 rings (SSSR count). The van der Waals surface area contributed by atoms with Gasteiger partial charge in [0.05, 0.1) is 0 Å². The highest BCUT2D eigenvalue weighted by Gasteiger charge is 2.39. The molecule has 1 aromatic heterocycles. The number of phenols is 2. The molecule has 1 atom stereocenters. The monoisotopic (exact) mass is 1090 g/mol. The lowest BCUT2D eigenvalue weighted by atomic mass is 9.97. The summed E-state index contributed by atoms with van der Waals surface area (Å²) in [7, 11) is 0. The summed E-state index contributed by atoms with van der Waals surface area (Å²) in [6.07, 6.45) is 9.54. The molecule has 0 bridgehead atoms. The van der Waals surface area contributed by atoms with Crippen molar-refractivity contribution in [1.29, 1.82) is 0 Å². The highest BCUT2D eigenvalue weighted by molar-refractivity contribution is 7.22. The zero-order valence-corrected chi connectivity index (χ0v) is 46.3. The van der Waals surface area contributed by atoms with Crippen molar-refractivity contribution in [3.8, 4) is 27.7 Å². The van der Waals surface area contributed by atoms with Crippen LogP contribution in [0.1, 0.15) is 135 Å². The Balaban J connectivity index is 0.000000224. The number of ether oxygens (including phenoxy) is 1. The van der Waals surface area contributed by atoms with Crippen molar-refractivity contribution in [2.75, 3.05) is 31.6 Å². The van der Waals surface area contributed by atoms with Crippen LogP contribution in [0.25, 0.3) is 20.5 Å². The minimum atomic E-state index is -0.651. The molecule has 0 aliphatic carbocycles. The van der Waals surface area contributed by atoms with E-state index in [0.29, 0.717) is 59.1 Å². The molecule has 3 heterocycles. The van der Waals surface area contributed by atoms with E-state index in [1.54, 1.807) is 72.8 Å². The number of aromatic hydroxyl groups is 2. The summed E-state index contributed by atoms with van der Waals surface area (Å²) in [5, 5.41) is 38.4. The van der Waals surface area contributed by atoms with Gasteiger partial charge >= 0.3 is 6.03 Å². The number of likely N-dealkylation sites (N-methyl/N-ethyl adjacent to an activating group) is 1. The summed E-state index contributed by atoms with van der Waals surface area (Å²) in [5.41, 5.74) is 5.76. The Kier molecular flexibility index (Phi) is 20.3. The van der Waals surface area contributed by atoms with Crippen molar-refractivity contribution in [3.05, 3.63) is 142 Å². The number of thiophene rings is 1. The molecule has 6 aromatic rings. The maximum atomic E-state index is 13.7. The number of halogens is 1. The normalized spacial score (nSPS) is 14.4. The van der Waals surface area contributed by atoms with Gasteiger partial charge in [0.2, 0.25) is 11.8 Å². The molecule has 1 saturated heterocycles. The van der Waals surface area contributed by atoms with Crippen LogP contribution in [0.5, 0.6) is 17.2 Å². The zero-order chi connectivity index (χ0) is 55.2. The number of unbranched alkanes of at least 4 members (excludes halogenated alkanes) is 4. The van der Waals surface area contributed by atoms with Crippen LogP contribution in [0.2, 0.25) is 5.02 Å². The Morgan fingerprint density at radius 2 is 1.61 bits per heavy atom. The van der Waals surface area contributed by atoms with Crippen LogP contribution < -0.4 is 20.7 Å². The third-order valence-corrected chi connectivity index (χ3v) is 15.7. The summed E-state index contributed by atoms with van der Waals surface area (Å²) in [5.74, 6) is 0.682. The second-order valence-electron chi connectivity index (χ2n) is 20.8. The number of amides is 5. The first-order valence-electron chi connectivity index (χ1n) is 26.7. The van der Waals surface area contributed by atoms with Crippen LogP contribution in [-0.4, -0.2) is 92.5 Å². The Hall–Kier alpha value is -6.78. The molecule has 0 radical (unpaired) electrons. The SMILES string of the molecule is CC(C)CCCCCCCc1cc(Cl)cc(NC(=O)NCc2ccc3c(c2)CN(C2CCC(=O)NC2=O)C3=O)c1.CCN(CCOc1ccc(C(=O)c2c(-c3ccc(O)cc3)sc3cc(O)ccc23)cc1)C(C)(C)CCO. The molecule has 5 amide bonds. The third-order valence-electron chi connectivity index (χ3n) is 14.2. The molecule has 2 aliphatic heterocycles. The topological polar surface area (TPSA) is 198 Å². The minimum absolute atomic E-state index is 0.113. The molecule has 1 unspecified atom stereocenters. The number of nitrogens with one attached hydrogen (secondary N) is 3. The lowest BCUT2D eigenvalue weighted by Crippen LogP contribution is -2.52. The number of rotatable bonds is 23. The van der Waals surface area contributed by atoms with Gasteiger partial charge in [0.1, 0.15) is 29.9 Å². The number of carbonyl (C=O) groups is 5. The van der Waals surface area contributed by atoms with E-state index >= 15 is 0 Å². The van der Waals surface area contributed by atoms with Gasteiger partial charge < -0.3 is 35.6 Å². The number of piperidine rings is 1. The van der Waals surface area contributed by atoms with Crippen molar-refractivity contribution in [3.63, 3.8) is 0 Å². The standard InChI is InChI=1S/C31H39ClN4O4.C30H33NO5S/c1-20(2)8-6-4-3-5-7-9-21-15-24(32)17-25(16-21)34-31(40)33-18-22-10-11-26-23(14-22)19-36(30(26)39)27-12-13-28(37)35-29(27)38;1-4-31(30(2,3)15-17-32)16-18-36-24-12-7-20(8-13-24)28(35)27-25-14-11-23(34)19-26(25)37-29(27)21-5-9-22(33)10-6-21/h10-11,14-17,20,27H,3-9,12-13,18-19H2,1-2H3,(H2,33,34,40)(H,35,37,38);5-14,19,32-34H,4,15-18H2,1-3H3. The maximum Gasteiger partial charge on any atom is 0.319 e. The van der Waals surface area contributed by atoms with Gasteiger partial charge in [-0.3, -0.25) is 29.4 Å². The Labute approximate surface area is 460 Å². The highest BCUT2D eigenvalue weighted by atomic mass is 35.5. The van der Waals surface area contributed by atoms with Crippen LogP contribution in [0.15, 0.2) is 103 Å². The van der Waals surface area contributed by atoms with Gasteiger partial charge in [-0.05, 0) is 165 Å². The van der Waals surface area contributed by atoms with E-state index < -0.39 is 11.9 Å². The molecule has 2 aliphatic rings. The van der Waals surface area contributed by atoms with E-state index in [2.05, 4.69) is 55.5 Å². The molecule has 0 saturated carbocycles. The molecular weight excluding hydrogens is 1010 g/mol. The van der Waals surface area contributed by atoms with Crippen molar-refractivity contribution >= 4 is 68.2 Å². The van der Waals surface area contributed by atoms with E-state index in [9.17, 15) is 39.3 Å². The van der Waals surface area contributed by atoms with Gasteiger partial charge in [-0.25, -0.2) is 4.79 Å². The molecule has 6 N–H and O–H groups in total. The number of anilines is 1. The lowest BCUT2D eigenvalue weighted by molar-refractivity contribution is -0.136. The van der Waals surface area contributed by atoms with E-state index in [1.807, 2.05) is 30.3 Å². The number of phenolic OH excluding ortho intramolecular Hbond substituents is 2. The number of carbonyl (C=O) groups excluding carboxylic acids is 5. The molecule has 1 fully saturated rings. The Morgan fingerprint density at radius 1 is 0.883 bits per heavy atom. The number of aliphatic hydroxyl groups is 1. The van der Waals surface area contributed by atoms with Crippen LogP contribution in [-0.2, 0) is 29.1 Å². The number of hydrogen-bond acceptors (Lipinski definition) is 11. The maximum absolute atomic E-state index is 13.7. The summed E-state index contributed by atoms with van der Waals surface area (Å²) < 4.78 is 6.78. The Morgan fingerprint density at radius 3 is 2.32 bits per heavy atom. The minimum Gasteiger partial charge on any atom is -0.508 e. The van der Waals surface area contributed by atoms with Gasteiger partial charge in [-0.2, -0.15) is 0 Å². The number of ketones is 1. The molecule has 5 aromatic carbocycles. The Bertz CT molecular complexity index is 3030. The predicted molar refractivity (Wildman–Crippen MR) is 305 cm³/mol. The van der Waals surface area contributed by atoms with Crippen molar-refractivity contribution in [2.45, 2.75) is 123 Å². The van der Waals surface area contributed by atoms with E-state index in [-0.39, 0.29) is 60.2 Å². The second-order valence-corrected chi connectivity index (χ2v) is 22.3. The van der Waals surface area contributed by atoms with Crippen LogP contribution in [0, 0.1) is 5.92 Å². The fraction of sp³-hybridized carbons (Fsp3) is 0.393. The van der Waals surface area contributed by atoms with E-state index in [0.717, 1.165) is 69.1 Å². The van der Waals surface area contributed by atoms with Crippen LogP contribution in [0.3, 0.4) is 0 Å². The largest absolute Gasteiger partial charge is 0.508 e. The van der Waals surface area contributed by atoms with Gasteiger partial charge in [0.25, 0.3) is 5.91 Å². The molecule has 77 heavy (non-hydrogen) atoms. The third kappa shape index (κ3) is 15.7. The summed E-state index contributed by atoms with van der Waals surface area (Å²) >= 11 is 7.76. The lowest BCUT2D eigenvalue weighted by Gasteiger charge is -2.37. The fourth-order valence-corrected chi connectivity index (χ4v) is 11.4. The molecule has 0 spiro atoms. The van der Waals surface area contributed by atoms with Crippen molar-refractivity contribution in [2.24, 2.45) is 5.92 Å². The van der Waals surface area contributed by atoms with Crippen LogP contribution in [0.4, 0.5) is 10.5 Å². The van der Waals surface area contributed by atoms with Gasteiger partial charge in [-0.15, -0.1) is 11.3 Å². The predicted octanol–water partition coefficient (Wildman–Crippen LogP) is 12.0. The number of imide groups is 1. The number of nitrogens with zero attached hydrogens (tertiary/aromatic N) is 2. The van der Waals surface area contributed by atoms with Gasteiger partial charge in [-0.1, -0.05) is 76.6 Å². The summed E-state index contributed by atoms with van der Waals surface area (Å²) in [4.78, 5) is 67.5. The second kappa shape index (κ2) is 27.0. The van der Waals surface area contributed by atoms with E-state index in [4.69, 9.17) is 16.3 Å². The molecule has 14 nitrogen and oxygen atoms in total. The number of benzene rings is 5. The molecule has 408 valence electrons. The zero-order valence-electron chi connectivity index (χ0n) is 44.8. The average Bonchev–Trinajstić information content (AvgIpc) is 3.96. The van der Waals surface area contributed by atoms with Crippen molar-refractivity contribution in [1.82, 2.24) is 20.4 Å². The first kappa shape index (κ1) is 57.9. The highest BCUT2D eigenvalue weighted by Crippen LogP contribution is 2.42. The van der Waals surface area contributed by atoms with E-state index in [1.165, 1.54) is 48.3 Å². The molecular formula is C61H72ClN5O9S. The average molecular weight is 1090 g/mol. The smallest absolute Gasteiger partial charge is 0.319 e. The van der Waals surface area contributed by atoms with Gasteiger partial charge in [0, 0.05) is 80.6 Å². The quantitative estimate of drug-likeness (QED) is 0.0204. The number of fused-ring (bicyclic) bond motifs is 2. The number of aliphatic hydroxyl groups excluding tert-OH is 1. The number of urea groups is 1. The van der Waals surface area contributed by atoms with Gasteiger partial charge in [0.15, 0.2) is 5.78 Å². The summed E-state index contributed by atoms with van der Waals surface area (Å²) in [6.45, 7) is 13.7. The summed E-state index contributed by atoms with van der Waals surface area (Å²) in [6, 6.07) is 29.0. The fourth-order valence-electron chi connectivity index (χ4n) is 9.94. The first-order valence-corrected chi connectivity index (χ1v) is 27.9. The first-order chi connectivity index (χ1) is 36.9. The van der Waals surface area contributed by atoms with Crippen LogP contribution >= 0.6 is 22.9 Å². The number of aryl methyl sites for hydroxylation is 1. The molecule has 16 heteroatoms.